The van der Waals surface area contributed by atoms with Crippen LogP contribution < -0.4 is 5.32 Å². The summed E-state index contributed by atoms with van der Waals surface area (Å²) >= 11 is 14.2. The van der Waals surface area contributed by atoms with Gasteiger partial charge in [-0.05, 0) is 36.4 Å². The van der Waals surface area contributed by atoms with Crippen molar-refractivity contribution in [1.82, 2.24) is 10.2 Å². The second kappa shape index (κ2) is 7.35. The molecule has 118 valence electrons. The summed E-state index contributed by atoms with van der Waals surface area (Å²) < 4.78 is 6.14. The van der Waals surface area contributed by atoms with Gasteiger partial charge in [0, 0.05) is 10.7 Å². The van der Waals surface area contributed by atoms with E-state index >= 15 is 0 Å². The molecule has 2 aromatic heterocycles. The maximum atomic E-state index is 11.9. The van der Waals surface area contributed by atoms with Crippen molar-refractivity contribution < 1.29 is 9.21 Å². The Bertz CT molecular complexity index is 818. The van der Waals surface area contributed by atoms with Crippen LogP contribution >= 0.6 is 46.3 Å². The first-order chi connectivity index (χ1) is 11.1. The molecule has 3 aromatic rings. The van der Waals surface area contributed by atoms with Crippen LogP contribution in [0.5, 0.6) is 0 Å². The van der Waals surface area contributed by atoms with Crippen molar-refractivity contribution in [2.45, 2.75) is 5.22 Å². The van der Waals surface area contributed by atoms with Gasteiger partial charge < -0.3 is 9.73 Å². The zero-order chi connectivity index (χ0) is 16.2. The number of nitrogens with one attached hydrogen (secondary N) is 1. The highest BCUT2D eigenvalue weighted by Gasteiger charge is 2.13. The normalized spacial score (nSPS) is 10.7. The molecule has 0 bridgehead atoms. The number of nitrogens with zero attached hydrogens (tertiary/aromatic N) is 2. The molecular formula is C14H9Cl2N3O2S2. The number of rotatable bonds is 5. The Hall–Kier alpha value is -1.54. The molecule has 0 aliphatic rings. The quantitative estimate of drug-likeness (QED) is 0.636. The smallest absolute Gasteiger partial charge is 0.277 e. The highest BCUT2D eigenvalue weighted by Crippen LogP contribution is 2.31. The number of benzene rings is 1. The fourth-order valence-corrected chi connectivity index (χ4v) is 3.31. The Labute approximate surface area is 150 Å². The average Bonchev–Trinajstić information content (AvgIpc) is 3.16. The summed E-state index contributed by atoms with van der Waals surface area (Å²) in [6.45, 7) is 0. The number of carbonyl (C=O) groups excluding carboxylic acids is 1. The Kier molecular flexibility index (Phi) is 5.22. The molecule has 1 aromatic carbocycles. The van der Waals surface area contributed by atoms with Crippen molar-refractivity contribution in [2.24, 2.45) is 0 Å². The SMILES string of the molecule is O=C(CSc1nnc(-c2ccc(Cl)s2)o1)Nc1ccc(Cl)cc1. The molecule has 9 heteroatoms. The van der Waals surface area contributed by atoms with Gasteiger partial charge in [0.2, 0.25) is 5.91 Å². The second-order valence-corrected chi connectivity index (χ2v) is 7.40. The number of anilines is 1. The molecule has 0 spiro atoms. The van der Waals surface area contributed by atoms with E-state index in [-0.39, 0.29) is 11.7 Å². The van der Waals surface area contributed by atoms with E-state index in [1.165, 1.54) is 23.1 Å². The Morgan fingerprint density at radius 1 is 1.17 bits per heavy atom. The number of thioether (sulfide) groups is 1. The molecule has 0 atom stereocenters. The fraction of sp³-hybridized carbons (Fsp3) is 0.0714. The zero-order valence-corrected chi connectivity index (χ0v) is 14.6. The van der Waals surface area contributed by atoms with Gasteiger partial charge in [0.15, 0.2) is 0 Å². The van der Waals surface area contributed by atoms with Crippen LogP contribution in [0.1, 0.15) is 0 Å². The lowest BCUT2D eigenvalue weighted by Gasteiger charge is -2.03. The lowest BCUT2D eigenvalue weighted by atomic mass is 10.3. The minimum atomic E-state index is -0.170. The molecular weight excluding hydrogens is 377 g/mol. The van der Waals surface area contributed by atoms with E-state index in [0.29, 0.717) is 26.2 Å². The van der Waals surface area contributed by atoms with Crippen molar-refractivity contribution in [3.8, 4) is 10.8 Å². The summed E-state index contributed by atoms with van der Waals surface area (Å²) in [7, 11) is 0. The molecule has 0 saturated heterocycles. The van der Waals surface area contributed by atoms with Gasteiger partial charge in [-0.15, -0.1) is 21.5 Å². The molecule has 1 amide bonds. The Morgan fingerprint density at radius 2 is 1.96 bits per heavy atom. The van der Waals surface area contributed by atoms with E-state index in [1.807, 2.05) is 6.07 Å². The van der Waals surface area contributed by atoms with Gasteiger partial charge in [0.25, 0.3) is 11.1 Å². The predicted octanol–water partition coefficient (Wildman–Crippen LogP) is 4.84. The lowest BCUT2D eigenvalue weighted by Crippen LogP contribution is -2.13. The van der Waals surface area contributed by atoms with E-state index in [0.717, 1.165) is 4.88 Å². The number of hydrogen-bond acceptors (Lipinski definition) is 6. The molecule has 0 fully saturated rings. The van der Waals surface area contributed by atoms with E-state index in [4.69, 9.17) is 27.6 Å². The van der Waals surface area contributed by atoms with Crippen molar-refractivity contribution in [2.75, 3.05) is 11.1 Å². The molecule has 5 nitrogen and oxygen atoms in total. The number of carbonyl (C=O) groups is 1. The van der Waals surface area contributed by atoms with Crippen molar-refractivity contribution >= 4 is 57.9 Å². The lowest BCUT2D eigenvalue weighted by molar-refractivity contribution is -0.113. The minimum Gasteiger partial charge on any atom is -0.410 e. The van der Waals surface area contributed by atoms with Gasteiger partial charge in [-0.25, -0.2) is 0 Å². The predicted molar refractivity (Wildman–Crippen MR) is 93.4 cm³/mol. The second-order valence-electron chi connectivity index (χ2n) is 4.32. The molecule has 0 radical (unpaired) electrons. The van der Waals surface area contributed by atoms with Crippen LogP contribution in [0.4, 0.5) is 5.69 Å². The van der Waals surface area contributed by atoms with E-state index in [2.05, 4.69) is 15.5 Å². The third kappa shape index (κ3) is 4.48. The van der Waals surface area contributed by atoms with Crippen LogP contribution in [0.2, 0.25) is 9.36 Å². The fourth-order valence-electron chi connectivity index (χ4n) is 1.65. The number of aromatic nitrogens is 2. The van der Waals surface area contributed by atoms with Crippen LogP contribution in [-0.2, 0) is 4.79 Å². The van der Waals surface area contributed by atoms with E-state index in [9.17, 15) is 4.79 Å². The third-order valence-corrected chi connectivity index (χ3v) is 4.93. The van der Waals surface area contributed by atoms with Crippen molar-refractivity contribution in [3.63, 3.8) is 0 Å². The highest BCUT2D eigenvalue weighted by atomic mass is 35.5. The summed E-state index contributed by atoms with van der Waals surface area (Å²) in [6.07, 6.45) is 0. The summed E-state index contributed by atoms with van der Waals surface area (Å²) in [5.41, 5.74) is 0.680. The topological polar surface area (TPSA) is 68.0 Å². The highest BCUT2D eigenvalue weighted by molar-refractivity contribution is 7.99. The summed E-state index contributed by atoms with van der Waals surface area (Å²) in [5, 5.41) is 11.5. The first-order valence-electron chi connectivity index (χ1n) is 6.37. The maximum Gasteiger partial charge on any atom is 0.277 e. The third-order valence-electron chi connectivity index (χ3n) is 2.65. The zero-order valence-electron chi connectivity index (χ0n) is 11.5. The molecule has 0 aliphatic heterocycles. The van der Waals surface area contributed by atoms with Crippen LogP contribution in [0.25, 0.3) is 10.8 Å². The van der Waals surface area contributed by atoms with Gasteiger partial charge in [-0.2, -0.15) is 0 Å². The number of thiophene rings is 1. The minimum absolute atomic E-state index is 0.162. The maximum absolute atomic E-state index is 11.9. The largest absolute Gasteiger partial charge is 0.410 e. The summed E-state index contributed by atoms with van der Waals surface area (Å²) in [6, 6.07) is 10.5. The molecule has 3 rings (SSSR count). The van der Waals surface area contributed by atoms with Crippen LogP contribution in [0.3, 0.4) is 0 Å². The van der Waals surface area contributed by atoms with Gasteiger partial charge in [0.1, 0.15) is 0 Å². The van der Waals surface area contributed by atoms with Crippen molar-refractivity contribution in [1.29, 1.82) is 0 Å². The standard InChI is InChI=1S/C14H9Cl2N3O2S2/c15-8-1-3-9(4-2-8)17-12(20)7-22-14-19-18-13(21-14)10-5-6-11(16)23-10/h1-6H,7H2,(H,17,20). The van der Waals surface area contributed by atoms with Gasteiger partial charge in [0.05, 0.1) is 15.0 Å². The molecule has 1 N–H and O–H groups in total. The Balaban J connectivity index is 1.55. The first kappa shape index (κ1) is 16.3. The monoisotopic (exact) mass is 385 g/mol. The summed E-state index contributed by atoms with van der Waals surface area (Å²) in [4.78, 5) is 12.7. The molecule has 23 heavy (non-hydrogen) atoms. The molecule has 0 unspecified atom stereocenters. The summed E-state index contributed by atoms with van der Waals surface area (Å²) in [5.74, 6) is 0.383. The molecule has 0 aliphatic carbocycles. The average molecular weight is 386 g/mol. The number of halogens is 2. The van der Waals surface area contributed by atoms with Gasteiger partial charge in [-0.3, -0.25) is 4.79 Å². The van der Waals surface area contributed by atoms with E-state index < -0.39 is 0 Å². The van der Waals surface area contributed by atoms with E-state index in [1.54, 1.807) is 30.3 Å². The van der Waals surface area contributed by atoms with Gasteiger partial charge in [-0.1, -0.05) is 35.0 Å². The van der Waals surface area contributed by atoms with Crippen LogP contribution in [0.15, 0.2) is 46.0 Å². The first-order valence-corrected chi connectivity index (χ1v) is 8.93. The number of hydrogen-bond donors (Lipinski definition) is 1. The molecule has 0 saturated carbocycles. The number of amides is 1. The van der Waals surface area contributed by atoms with Crippen LogP contribution in [-0.4, -0.2) is 21.9 Å². The molecule has 2 heterocycles. The van der Waals surface area contributed by atoms with Crippen molar-refractivity contribution in [3.05, 3.63) is 45.8 Å². The van der Waals surface area contributed by atoms with Gasteiger partial charge >= 0.3 is 0 Å². The Morgan fingerprint density at radius 3 is 2.65 bits per heavy atom. The van der Waals surface area contributed by atoms with Crippen LogP contribution in [0, 0.1) is 0 Å².